The van der Waals surface area contributed by atoms with Gasteiger partial charge in [-0.15, -0.1) is 0 Å². The number of benzene rings is 1. The van der Waals surface area contributed by atoms with Gasteiger partial charge in [-0.25, -0.2) is 0 Å². The van der Waals surface area contributed by atoms with Crippen molar-refractivity contribution in [1.82, 2.24) is 5.32 Å². The largest absolute Gasteiger partial charge is 0.507 e. The molecule has 0 aliphatic heterocycles. The lowest BCUT2D eigenvalue weighted by atomic mass is 9.97. The molecule has 0 spiro atoms. The Kier molecular flexibility index (Phi) is 4.19. The normalized spacial score (nSPS) is 11.5. The third-order valence-corrected chi connectivity index (χ3v) is 2.26. The molecule has 1 aromatic rings. The topological polar surface area (TPSA) is 41.5 Å². The molecular formula is C13H21NO2. The van der Waals surface area contributed by atoms with Crippen LogP contribution in [0.2, 0.25) is 0 Å². The minimum atomic E-state index is 0.252. The molecule has 1 aromatic carbocycles. The van der Waals surface area contributed by atoms with Gasteiger partial charge in [0, 0.05) is 24.7 Å². The summed E-state index contributed by atoms with van der Waals surface area (Å²) in [6.45, 7) is 8.11. The van der Waals surface area contributed by atoms with Crippen LogP contribution in [-0.4, -0.2) is 18.8 Å². The maximum atomic E-state index is 9.73. The number of rotatable bonds is 4. The van der Waals surface area contributed by atoms with E-state index in [0.717, 1.165) is 12.1 Å². The van der Waals surface area contributed by atoms with E-state index in [9.17, 15) is 5.11 Å². The van der Waals surface area contributed by atoms with Gasteiger partial charge in [-0.3, -0.25) is 0 Å². The molecule has 0 heterocycles. The second-order valence-corrected chi connectivity index (χ2v) is 5.16. The molecule has 0 aliphatic rings. The fraction of sp³-hybridized carbons (Fsp3) is 0.538. The van der Waals surface area contributed by atoms with Crippen LogP contribution in [0.15, 0.2) is 18.2 Å². The molecule has 90 valence electrons. The molecule has 0 unspecified atom stereocenters. The number of methoxy groups -OCH3 is 1. The first-order valence-electron chi connectivity index (χ1n) is 5.49. The number of nitrogens with one attached hydrogen (secondary N) is 1. The highest BCUT2D eigenvalue weighted by molar-refractivity contribution is 5.39. The summed E-state index contributed by atoms with van der Waals surface area (Å²) in [5.41, 5.74) is 1.15. The van der Waals surface area contributed by atoms with E-state index >= 15 is 0 Å². The van der Waals surface area contributed by atoms with Gasteiger partial charge in [0.15, 0.2) is 0 Å². The van der Waals surface area contributed by atoms with E-state index in [1.807, 2.05) is 12.1 Å². The van der Waals surface area contributed by atoms with Crippen LogP contribution in [0.25, 0.3) is 0 Å². The van der Waals surface area contributed by atoms with Crippen molar-refractivity contribution >= 4 is 0 Å². The molecule has 3 heteroatoms. The van der Waals surface area contributed by atoms with Crippen LogP contribution in [0, 0.1) is 5.41 Å². The average Bonchev–Trinajstić information content (AvgIpc) is 2.18. The number of hydrogen-bond acceptors (Lipinski definition) is 3. The summed E-state index contributed by atoms with van der Waals surface area (Å²) in [6.07, 6.45) is 0. The standard InChI is InChI=1S/C13H21NO2/c1-13(2,3)9-14-8-10-5-6-11(16-4)7-12(10)15/h5-7,14-15H,8-9H2,1-4H3. The minimum absolute atomic E-state index is 0.252. The first-order chi connectivity index (χ1) is 7.42. The summed E-state index contributed by atoms with van der Waals surface area (Å²) in [5.74, 6) is 0.956. The van der Waals surface area contributed by atoms with E-state index in [-0.39, 0.29) is 11.2 Å². The Morgan fingerprint density at radius 3 is 2.50 bits per heavy atom. The van der Waals surface area contributed by atoms with Gasteiger partial charge in [0.05, 0.1) is 7.11 Å². The van der Waals surface area contributed by atoms with Gasteiger partial charge in [0.2, 0.25) is 0 Å². The molecule has 0 aromatic heterocycles. The third kappa shape index (κ3) is 4.11. The fourth-order valence-electron chi connectivity index (χ4n) is 1.39. The Morgan fingerprint density at radius 2 is 2.00 bits per heavy atom. The lowest BCUT2D eigenvalue weighted by Crippen LogP contribution is -2.26. The molecule has 0 aliphatic carbocycles. The van der Waals surface area contributed by atoms with Crippen molar-refractivity contribution in [3.05, 3.63) is 23.8 Å². The number of hydrogen-bond donors (Lipinski definition) is 2. The van der Waals surface area contributed by atoms with Crippen molar-refractivity contribution in [2.45, 2.75) is 27.3 Å². The first kappa shape index (κ1) is 12.8. The number of aromatic hydroxyl groups is 1. The van der Waals surface area contributed by atoms with Gasteiger partial charge in [-0.1, -0.05) is 26.8 Å². The SMILES string of the molecule is COc1ccc(CNCC(C)(C)C)c(O)c1. The van der Waals surface area contributed by atoms with Crippen molar-refractivity contribution in [3.63, 3.8) is 0 Å². The maximum Gasteiger partial charge on any atom is 0.123 e. The molecule has 0 fully saturated rings. The first-order valence-corrected chi connectivity index (χ1v) is 5.49. The summed E-state index contributed by atoms with van der Waals surface area (Å²) in [4.78, 5) is 0. The molecular weight excluding hydrogens is 202 g/mol. The molecule has 0 bridgehead atoms. The van der Waals surface area contributed by atoms with Crippen LogP contribution in [0.5, 0.6) is 11.5 Å². The number of phenols is 1. The lowest BCUT2D eigenvalue weighted by Gasteiger charge is -2.19. The summed E-state index contributed by atoms with van der Waals surface area (Å²) >= 11 is 0. The molecule has 2 N–H and O–H groups in total. The quantitative estimate of drug-likeness (QED) is 0.824. The fourth-order valence-corrected chi connectivity index (χ4v) is 1.39. The second-order valence-electron chi connectivity index (χ2n) is 5.16. The highest BCUT2D eigenvalue weighted by Gasteiger charge is 2.09. The molecule has 0 amide bonds. The predicted molar refractivity (Wildman–Crippen MR) is 65.8 cm³/mol. The van der Waals surface area contributed by atoms with Gasteiger partial charge in [-0.05, 0) is 11.5 Å². The third-order valence-electron chi connectivity index (χ3n) is 2.26. The Morgan fingerprint density at radius 1 is 1.31 bits per heavy atom. The van der Waals surface area contributed by atoms with Crippen LogP contribution >= 0.6 is 0 Å². The van der Waals surface area contributed by atoms with Crippen LogP contribution in [-0.2, 0) is 6.54 Å². The van der Waals surface area contributed by atoms with Gasteiger partial charge >= 0.3 is 0 Å². The Balaban J connectivity index is 2.55. The smallest absolute Gasteiger partial charge is 0.123 e. The highest BCUT2D eigenvalue weighted by Crippen LogP contribution is 2.23. The molecule has 0 saturated carbocycles. The van der Waals surface area contributed by atoms with Crippen LogP contribution < -0.4 is 10.1 Å². The van der Waals surface area contributed by atoms with Crippen LogP contribution in [0.4, 0.5) is 0 Å². The summed E-state index contributed by atoms with van der Waals surface area (Å²) in [5, 5.41) is 13.1. The average molecular weight is 223 g/mol. The Labute approximate surface area is 97.4 Å². The van der Waals surface area contributed by atoms with E-state index in [2.05, 4.69) is 26.1 Å². The minimum Gasteiger partial charge on any atom is -0.507 e. The van der Waals surface area contributed by atoms with Gasteiger partial charge in [0.1, 0.15) is 11.5 Å². The maximum absolute atomic E-state index is 9.73. The molecule has 3 nitrogen and oxygen atoms in total. The van der Waals surface area contributed by atoms with E-state index in [1.165, 1.54) is 0 Å². The van der Waals surface area contributed by atoms with Crippen LogP contribution in [0.1, 0.15) is 26.3 Å². The van der Waals surface area contributed by atoms with E-state index in [0.29, 0.717) is 12.3 Å². The molecule has 16 heavy (non-hydrogen) atoms. The Hall–Kier alpha value is -1.22. The lowest BCUT2D eigenvalue weighted by molar-refractivity contribution is 0.375. The summed E-state index contributed by atoms with van der Waals surface area (Å²) in [6, 6.07) is 5.37. The number of ether oxygens (including phenoxy) is 1. The van der Waals surface area contributed by atoms with Crippen molar-refractivity contribution in [2.24, 2.45) is 5.41 Å². The zero-order valence-electron chi connectivity index (χ0n) is 10.5. The predicted octanol–water partition coefficient (Wildman–Crippen LogP) is 2.54. The second kappa shape index (κ2) is 5.21. The van der Waals surface area contributed by atoms with Crippen molar-refractivity contribution in [1.29, 1.82) is 0 Å². The zero-order chi connectivity index (χ0) is 12.2. The molecule has 0 saturated heterocycles. The van der Waals surface area contributed by atoms with Crippen molar-refractivity contribution < 1.29 is 9.84 Å². The van der Waals surface area contributed by atoms with E-state index in [1.54, 1.807) is 13.2 Å². The molecule has 1 rings (SSSR count). The van der Waals surface area contributed by atoms with Crippen molar-refractivity contribution in [2.75, 3.05) is 13.7 Å². The van der Waals surface area contributed by atoms with Crippen LogP contribution in [0.3, 0.4) is 0 Å². The van der Waals surface area contributed by atoms with Gasteiger partial charge < -0.3 is 15.2 Å². The monoisotopic (exact) mass is 223 g/mol. The van der Waals surface area contributed by atoms with Gasteiger partial charge in [-0.2, -0.15) is 0 Å². The van der Waals surface area contributed by atoms with Crippen molar-refractivity contribution in [3.8, 4) is 11.5 Å². The molecule has 0 atom stereocenters. The number of phenolic OH excluding ortho intramolecular Hbond substituents is 1. The van der Waals surface area contributed by atoms with Gasteiger partial charge in [0.25, 0.3) is 0 Å². The summed E-state index contributed by atoms with van der Waals surface area (Å²) in [7, 11) is 1.59. The molecule has 0 radical (unpaired) electrons. The zero-order valence-corrected chi connectivity index (χ0v) is 10.5. The highest BCUT2D eigenvalue weighted by atomic mass is 16.5. The van der Waals surface area contributed by atoms with E-state index in [4.69, 9.17) is 4.74 Å². The van der Waals surface area contributed by atoms with E-state index < -0.39 is 0 Å². The summed E-state index contributed by atoms with van der Waals surface area (Å²) < 4.78 is 5.03. The Bertz CT molecular complexity index is 342.